The molecule has 0 aromatic heterocycles. The van der Waals surface area contributed by atoms with Crippen molar-refractivity contribution in [3.63, 3.8) is 0 Å². The van der Waals surface area contributed by atoms with Gasteiger partial charge in [-0.1, -0.05) is 13.0 Å². The first-order valence-electron chi connectivity index (χ1n) is 4.43. The van der Waals surface area contributed by atoms with E-state index in [-0.39, 0.29) is 5.92 Å². The highest BCUT2D eigenvalue weighted by Gasteiger charge is 2.26. The average molecular weight is 192 g/mol. The molecule has 1 aliphatic rings. The van der Waals surface area contributed by atoms with Crippen molar-refractivity contribution >= 4 is 17.5 Å². The number of thioether (sulfide) groups is 1. The third kappa shape index (κ3) is 1.39. The summed E-state index contributed by atoms with van der Waals surface area (Å²) in [5, 5.41) is 0. The Balaban J connectivity index is 2.48. The minimum Gasteiger partial charge on any atom is -0.294 e. The molecule has 68 valence electrons. The standard InChI is InChI=1S/C11H12OS/c1-7-5-8-3-4-9(13-2)6-10(8)11(7)12/h3-4,6-7H,5H2,1-2H3. The van der Waals surface area contributed by atoms with Crippen LogP contribution in [0.25, 0.3) is 0 Å². The predicted octanol–water partition coefficient (Wildman–Crippen LogP) is 2.78. The van der Waals surface area contributed by atoms with Gasteiger partial charge in [0.1, 0.15) is 0 Å². The lowest BCUT2D eigenvalue weighted by Crippen LogP contribution is -2.02. The Morgan fingerprint density at radius 2 is 2.23 bits per heavy atom. The van der Waals surface area contributed by atoms with Crippen LogP contribution in [0, 0.1) is 5.92 Å². The van der Waals surface area contributed by atoms with E-state index in [1.165, 1.54) is 10.5 Å². The van der Waals surface area contributed by atoms with Crippen LogP contribution in [0.3, 0.4) is 0 Å². The Labute approximate surface area is 82.5 Å². The number of fused-ring (bicyclic) bond motifs is 1. The Kier molecular flexibility index (Phi) is 2.16. The first kappa shape index (κ1) is 8.82. The maximum absolute atomic E-state index is 11.7. The van der Waals surface area contributed by atoms with Crippen LogP contribution in [0.5, 0.6) is 0 Å². The van der Waals surface area contributed by atoms with Gasteiger partial charge >= 0.3 is 0 Å². The fourth-order valence-electron chi connectivity index (χ4n) is 1.78. The summed E-state index contributed by atoms with van der Waals surface area (Å²) in [5.74, 6) is 0.498. The molecule has 0 fully saturated rings. The summed E-state index contributed by atoms with van der Waals surface area (Å²) in [7, 11) is 0. The first-order valence-corrected chi connectivity index (χ1v) is 5.66. The number of ketones is 1. The maximum atomic E-state index is 11.7. The topological polar surface area (TPSA) is 17.1 Å². The quantitative estimate of drug-likeness (QED) is 0.636. The molecular formula is C11H12OS. The van der Waals surface area contributed by atoms with Gasteiger partial charge in [0, 0.05) is 16.4 Å². The summed E-state index contributed by atoms with van der Waals surface area (Å²) in [6.07, 6.45) is 2.95. The minimum atomic E-state index is 0.187. The molecule has 0 spiro atoms. The highest BCUT2D eigenvalue weighted by Crippen LogP contribution is 2.29. The van der Waals surface area contributed by atoms with E-state index in [4.69, 9.17) is 0 Å². The van der Waals surface area contributed by atoms with E-state index in [0.717, 1.165) is 12.0 Å². The molecule has 0 saturated heterocycles. The number of carbonyl (C=O) groups is 1. The molecule has 2 rings (SSSR count). The van der Waals surface area contributed by atoms with E-state index in [1.54, 1.807) is 11.8 Å². The van der Waals surface area contributed by atoms with Crippen molar-refractivity contribution in [3.05, 3.63) is 29.3 Å². The molecule has 0 N–H and O–H groups in total. The van der Waals surface area contributed by atoms with Crippen LogP contribution in [0.2, 0.25) is 0 Å². The molecule has 2 heteroatoms. The zero-order valence-electron chi connectivity index (χ0n) is 7.83. The molecule has 0 saturated carbocycles. The number of Topliss-reactive ketones (excluding diaryl/α,β-unsaturated/α-hetero) is 1. The SMILES string of the molecule is CSc1ccc2c(c1)C(=O)C(C)C2. The van der Waals surface area contributed by atoms with E-state index >= 15 is 0 Å². The third-order valence-corrected chi connectivity index (χ3v) is 3.28. The van der Waals surface area contributed by atoms with Crippen molar-refractivity contribution in [2.75, 3.05) is 6.26 Å². The summed E-state index contributed by atoms with van der Waals surface area (Å²) in [5.41, 5.74) is 2.16. The Hall–Kier alpha value is -0.760. The molecule has 1 aromatic rings. The van der Waals surface area contributed by atoms with Crippen molar-refractivity contribution in [3.8, 4) is 0 Å². The van der Waals surface area contributed by atoms with Gasteiger partial charge in [0.05, 0.1) is 0 Å². The first-order chi connectivity index (χ1) is 6.22. The second-order valence-electron chi connectivity index (χ2n) is 3.49. The number of rotatable bonds is 1. The van der Waals surface area contributed by atoms with Crippen LogP contribution in [0.1, 0.15) is 22.8 Å². The fraction of sp³-hybridized carbons (Fsp3) is 0.364. The van der Waals surface area contributed by atoms with Crippen molar-refractivity contribution in [2.45, 2.75) is 18.2 Å². The van der Waals surface area contributed by atoms with Gasteiger partial charge in [-0.05, 0) is 30.4 Å². The van der Waals surface area contributed by atoms with Crippen LogP contribution in [-0.2, 0) is 6.42 Å². The highest BCUT2D eigenvalue weighted by molar-refractivity contribution is 7.98. The van der Waals surface area contributed by atoms with E-state index in [9.17, 15) is 4.79 Å². The molecule has 1 nitrogen and oxygen atoms in total. The molecule has 1 aromatic carbocycles. The van der Waals surface area contributed by atoms with Crippen LogP contribution in [0.4, 0.5) is 0 Å². The van der Waals surface area contributed by atoms with Crippen molar-refractivity contribution in [1.29, 1.82) is 0 Å². The maximum Gasteiger partial charge on any atom is 0.166 e. The highest BCUT2D eigenvalue weighted by atomic mass is 32.2. The van der Waals surface area contributed by atoms with Gasteiger partial charge in [0.15, 0.2) is 5.78 Å². The third-order valence-electron chi connectivity index (χ3n) is 2.56. The lowest BCUT2D eigenvalue weighted by atomic mass is 10.1. The lowest BCUT2D eigenvalue weighted by molar-refractivity contribution is 0.0946. The second-order valence-corrected chi connectivity index (χ2v) is 4.37. The van der Waals surface area contributed by atoms with Crippen LogP contribution in [-0.4, -0.2) is 12.0 Å². The molecule has 1 aliphatic carbocycles. The number of benzene rings is 1. The van der Waals surface area contributed by atoms with E-state index in [0.29, 0.717) is 5.78 Å². The molecule has 0 heterocycles. The number of hydrogen-bond acceptors (Lipinski definition) is 2. The van der Waals surface area contributed by atoms with Gasteiger partial charge in [0.2, 0.25) is 0 Å². The van der Waals surface area contributed by atoms with Crippen LogP contribution >= 0.6 is 11.8 Å². The molecule has 0 aliphatic heterocycles. The number of hydrogen-bond donors (Lipinski definition) is 0. The van der Waals surface area contributed by atoms with Crippen LogP contribution in [0.15, 0.2) is 23.1 Å². The van der Waals surface area contributed by atoms with E-state index in [1.807, 2.05) is 19.2 Å². The second kappa shape index (κ2) is 3.18. The molecule has 0 amide bonds. The number of carbonyl (C=O) groups excluding carboxylic acids is 1. The van der Waals surface area contributed by atoms with Gasteiger partial charge in [0.25, 0.3) is 0 Å². The summed E-state index contributed by atoms with van der Waals surface area (Å²) in [6, 6.07) is 6.20. The average Bonchev–Trinajstić information content (AvgIpc) is 2.43. The lowest BCUT2D eigenvalue weighted by Gasteiger charge is -1.99. The van der Waals surface area contributed by atoms with Gasteiger partial charge < -0.3 is 0 Å². The normalized spacial score (nSPS) is 20.5. The zero-order chi connectivity index (χ0) is 9.42. The summed E-state index contributed by atoms with van der Waals surface area (Å²) in [4.78, 5) is 12.8. The Morgan fingerprint density at radius 1 is 1.46 bits per heavy atom. The van der Waals surface area contributed by atoms with Crippen molar-refractivity contribution < 1.29 is 4.79 Å². The predicted molar refractivity (Wildman–Crippen MR) is 55.4 cm³/mol. The molecule has 1 atom stereocenters. The molecular weight excluding hydrogens is 180 g/mol. The smallest absolute Gasteiger partial charge is 0.166 e. The zero-order valence-corrected chi connectivity index (χ0v) is 8.65. The molecule has 0 bridgehead atoms. The van der Waals surface area contributed by atoms with Gasteiger partial charge in [-0.2, -0.15) is 0 Å². The van der Waals surface area contributed by atoms with Gasteiger partial charge in [-0.15, -0.1) is 11.8 Å². The molecule has 13 heavy (non-hydrogen) atoms. The Bertz CT molecular complexity index is 357. The van der Waals surface area contributed by atoms with Gasteiger partial charge in [-0.3, -0.25) is 4.79 Å². The van der Waals surface area contributed by atoms with E-state index in [2.05, 4.69) is 12.1 Å². The Morgan fingerprint density at radius 3 is 2.92 bits per heavy atom. The van der Waals surface area contributed by atoms with Crippen LogP contribution < -0.4 is 0 Å². The van der Waals surface area contributed by atoms with Crippen molar-refractivity contribution in [1.82, 2.24) is 0 Å². The monoisotopic (exact) mass is 192 g/mol. The summed E-state index contributed by atoms with van der Waals surface area (Å²) in [6.45, 7) is 2.00. The minimum absolute atomic E-state index is 0.187. The van der Waals surface area contributed by atoms with Crippen molar-refractivity contribution in [2.24, 2.45) is 5.92 Å². The summed E-state index contributed by atoms with van der Waals surface area (Å²) < 4.78 is 0. The largest absolute Gasteiger partial charge is 0.294 e. The molecule has 1 unspecified atom stereocenters. The summed E-state index contributed by atoms with van der Waals surface area (Å²) >= 11 is 1.69. The fourth-order valence-corrected chi connectivity index (χ4v) is 2.22. The van der Waals surface area contributed by atoms with Gasteiger partial charge in [-0.25, -0.2) is 0 Å². The molecule has 0 radical (unpaired) electrons. The van der Waals surface area contributed by atoms with E-state index < -0.39 is 0 Å².